The molecule has 3 rings (SSSR count). The molecule has 1 fully saturated rings. The fourth-order valence-electron chi connectivity index (χ4n) is 2.23. The Kier molecular flexibility index (Phi) is 3.65. The third-order valence-electron chi connectivity index (χ3n) is 3.46. The van der Waals surface area contributed by atoms with Crippen LogP contribution in [0, 0.1) is 0 Å². The normalized spacial score (nSPS) is 15.3. The van der Waals surface area contributed by atoms with Crippen LogP contribution >= 0.6 is 0 Å². The van der Waals surface area contributed by atoms with Crippen molar-refractivity contribution >= 4 is 15.7 Å². The zero-order valence-electron chi connectivity index (χ0n) is 11.5. The topological polar surface area (TPSA) is 76.3 Å². The van der Waals surface area contributed by atoms with Crippen molar-refractivity contribution in [3.05, 3.63) is 54.4 Å². The third kappa shape index (κ3) is 3.06. The van der Waals surface area contributed by atoms with Gasteiger partial charge in [0, 0.05) is 17.9 Å². The number of nitrogen functional groups attached to an aromatic ring is 1. The highest BCUT2D eigenvalue weighted by Crippen LogP contribution is 2.33. The van der Waals surface area contributed by atoms with Crippen molar-refractivity contribution in [3.63, 3.8) is 0 Å². The van der Waals surface area contributed by atoms with Crippen LogP contribution < -0.4 is 5.73 Å². The van der Waals surface area contributed by atoms with Crippen LogP contribution in [0.3, 0.4) is 0 Å². The Bertz CT molecular complexity index is 728. The van der Waals surface area contributed by atoms with E-state index in [2.05, 4.69) is 4.98 Å². The fourth-order valence-corrected chi connectivity index (χ4v) is 3.95. The summed E-state index contributed by atoms with van der Waals surface area (Å²) in [7, 11) is -3.55. The van der Waals surface area contributed by atoms with E-state index in [1.807, 2.05) is 18.2 Å². The van der Waals surface area contributed by atoms with Gasteiger partial charge in [-0.1, -0.05) is 12.1 Å². The summed E-state index contributed by atoms with van der Waals surface area (Å²) in [6.07, 6.45) is 3.47. The lowest BCUT2D eigenvalue weighted by Crippen LogP contribution is -2.33. The van der Waals surface area contributed by atoms with Gasteiger partial charge in [0.2, 0.25) is 10.0 Å². The Labute approximate surface area is 124 Å². The standard InChI is InChI=1S/C15H17N3O2S/c16-12-4-3-6-15(10-12)21(19,20)18(14-7-8-14)11-13-5-1-2-9-17-13/h1-6,9-10,14H,7-8,11,16H2. The minimum absolute atomic E-state index is 0.0680. The molecule has 0 bridgehead atoms. The Hall–Kier alpha value is -1.92. The average Bonchev–Trinajstić information content (AvgIpc) is 3.30. The number of pyridine rings is 1. The Morgan fingerprint density at radius 1 is 1.19 bits per heavy atom. The van der Waals surface area contributed by atoms with Crippen LogP contribution in [0.2, 0.25) is 0 Å². The first-order valence-corrected chi connectivity index (χ1v) is 8.29. The molecule has 0 unspecified atom stereocenters. The highest BCUT2D eigenvalue weighted by Gasteiger charge is 2.38. The number of benzene rings is 1. The number of hydrogen-bond donors (Lipinski definition) is 1. The van der Waals surface area contributed by atoms with Crippen molar-refractivity contribution in [2.45, 2.75) is 30.3 Å². The summed E-state index contributed by atoms with van der Waals surface area (Å²) in [4.78, 5) is 4.46. The van der Waals surface area contributed by atoms with Crippen LogP contribution in [0.5, 0.6) is 0 Å². The third-order valence-corrected chi connectivity index (χ3v) is 5.36. The molecule has 0 spiro atoms. The van der Waals surface area contributed by atoms with E-state index in [9.17, 15) is 8.42 Å². The number of nitrogens with two attached hydrogens (primary N) is 1. The summed E-state index contributed by atoms with van der Waals surface area (Å²) >= 11 is 0. The van der Waals surface area contributed by atoms with Crippen LogP contribution in [-0.4, -0.2) is 23.7 Å². The van der Waals surface area contributed by atoms with E-state index in [0.717, 1.165) is 18.5 Å². The summed E-state index contributed by atoms with van der Waals surface area (Å²) in [5, 5.41) is 0. The molecule has 0 amide bonds. The monoisotopic (exact) mass is 303 g/mol. The van der Waals surface area contributed by atoms with Gasteiger partial charge in [-0.3, -0.25) is 4.98 Å². The summed E-state index contributed by atoms with van der Waals surface area (Å²) in [5.74, 6) is 0. The first-order chi connectivity index (χ1) is 10.1. The predicted octanol–water partition coefficient (Wildman–Crippen LogP) is 2.02. The van der Waals surface area contributed by atoms with E-state index in [1.165, 1.54) is 10.4 Å². The van der Waals surface area contributed by atoms with E-state index in [4.69, 9.17) is 5.73 Å². The molecule has 2 aromatic rings. The number of nitrogens with zero attached hydrogens (tertiary/aromatic N) is 2. The Morgan fingerprint density at radius 2 is 2.00 bits per heavy atom. The predicted molar refractivity (Wildman–Crippen MR) is 80.8 cm³/mol. The molecule has 1 aliphatic carbocycles. The molecule has 2 N–H and O–H groups in total. The second-order valence-electron chi connectivity index (χ2n) is 5.18. The van der Waals surface area contributed by atoms with Crippen molar-refractivity contribution in [2.24, 2.45) is 0 Å². The molecule has 21 heavy (non-hydrogen) atoms. The van der Waals surface area contributed by atoms with Gasteiger partial charge in [0.15, 0.2) is 0 Å². The Balaban J connectivity index is 1.93. The molecule has 110 valence electrons. The Morgan fingerprint density at radius 3 is 2.62 bits per heavy atom. The van der Waals surface area contributed by atoms with Crippen molar-refractivity contribution in [1.82, 2.24) is 9.29 Å². The van der Waals surface area contributed by atoms with Crippen LogP contribution in [-0.2, 0) is 16.6 Å². The molecular weight excluding hydrogens is 286 g/mol. The molecule has 1 saturated carbocycles. The lowest BCUT2D eigenvalue weighted by atomic mass is 10.3. The minimum Gasteiger partial charge on any atom is -0.399 e. The van der Waals surface area contributed by atoms with Gasteiger partial charge >= 0.3 is 0 Å². The lowest BCUT2D eigenvalue weighted by molar-refractivity contribution is 0.394. The minimum atomic E-state index is -3.55. The van der Waals surface area contributed by atoms with Gasteiger partial charge in [-0.15, -0.1) is 0 Å². The SMILES string of the molecule is Nc1cccc(S(=O)(=O)N(Cc2ccccn2)C2CC2)c1. The summed E-state index contributed by atoms with van der Waals surface area (Å²) in [6, 6.07) is 12.0. The highest BCUT2D eigenvalue weighted by atomic mass is 32.2. The van der Waals surface area contributed by atoms with Crippen LogP contribution in [0.1, 0.15) is 18.5 Å². The van der Waals surface area contributed by atoms with Gasteiger partial charge in [-0.2, -0.15) is 4.31 Å². The van der Waals surface area contributed by atoms with E-state index < -0.39 is 10.0 Å². The first-order valence-electron chi connectivity index (χ1n) is 6.85. The number of sulfonamides is 1. The second-order valence-corrected chi connectivity index (χ2v) is 7.07. The van der Waals surface area contributed by atoms with Crippen LogP contribution in [0.25, 0.3) is 0 Å². The molecular formula is C15H17N3O2S. The van der Waals surface area contributed by atoms with Gasteiger partial charge < -0.3 is 5.73 Å². The molecule has 5 nitrogen and oxygen atoms in total. The number of anilines is 1. The molecule has 0 radical (unpaired) electrons. The highest BCUT2D eigenvalue weighted by molar-refractivity contribution is 7.89. The molecule has 1 aromatic heterocycles. The van der Waals surface area contributed by atoms with E-state index in [1.54, 1.807) is 24.4 Å². The molecule has 0 saturated heterocycles. The van der Waals surface area contributed by atoms with Crippen molar-refractivity contribution in [1.29, 1.82) is 0 Å². The summed E-state index contributed by atoms with van der Waals surface area (Å²) in [5.41, 5.74) is 6.90. The van der Waals surface area contributed by atoms with Gasteiger partial charge in [-0.25, -0.2) is 8.42 Å². The zero-order chi connectivity index (χ0) is 14.9. The van der Waals surface area contributed by atoms with Gasteiger partial charge in [-0.05, 0) is 43.2 Å². The number of aromatic nitrogens is 1. The van der Waals surface area contributed by atoms with E-state index in [-0.39, 0.29) is 10.9 Å². The van der Waals surface area contributed by atoms with E-state index in [0.29, 0.717) is 12.2 Å². The van der Waals surface area contributed by atoms with Crippen molar-refractivity contribution in [2.75, 3.05) is 5.73 Å². The van der Waals surface area contributed by atoms with Crippen molar-refractivity contribution in [3.8, 4) is 0 Å². The first kappa shape index (κ1) is 14.0. The van der Waals surface area contributed by atoms with Crippen LogP contribution in [0.4, 0.5) is 5.69 Å². The summed E-state index contributed by atoms with van der Waals surface area (Å²) in [6.45, 7) is 0.294. The number of rotatable bonds is 5. The van der Waals surface area contributed by atoms with Crippen LogP contribution in [0.15, 0.2) is 53.6 Å². The number of hydrogen-bond acceptors (Lipinski definition) is 4. The average molecular weight is 303 g/mol. The molecule has 1 aliphatic rings. The summed E-state index contributed by atoms with van der Waals surface area (Å²) < 4.78 is 27.2. The second kappa shape index (κ2) is 5.46. The van der Waals surface area contributed by atoms with E-state index >= 15 is 0 Å². The maximum atomic E-state index is 12.8. The maximum Gasteiger partial charge on any atom is 0.243 e. The van der Waals surface area contributed by atoms with Gasteiger partial charge in [0.25, 0.3) is 0 Å². The lowest BCUT2D eigenvalue weighted by Gasteiger charge is -2.21. The largest absolute Gasteiger partial charge is 0.399 e. The quantitative estimate of drug-likeness (QED) is 0.857. The molecule has 0 atom stereocenters. The van der Waals surface area contributed by atoms with Gasteiger partial charge in [0.1, 0.15) is 0 Å². The molecule has 6 heteroatoms. The maximum absolute atomic E-state index is 12.8. The molecule has 0 aliphatic heterocycles. The molecule has 1 aromatic carbocycles. The fraction of sp³-hybridized carbons (Fsp3) is 0.267. The van der Waals surface area contributed by atoms with Gasteiger partial charge in [0.05, 0.1) is 17.1 Å². The van der Waals surface area contributed by atoms with Crippen molar-refractivity contribution < 1.29 is 8.42 Å². The zero-order valence-corrected chi connectivity index (χ0v) is 12.3. The smallest absolute Gasteiger partial charge is 0.243 e. The molecule has 1 heterocycles.